The number of rotatable bonds is 3. The number of para-hydroxylation sites is 1. The molecule has 0 aromatic heterocycles. The molecule has 9 heteroatoms. The van der Waals surface area contributed by atoms with E-state index in [0.717, 1.165) is 24.6 Å². The molecule has 0 bridgehead atoms. The summed E-state index contributed by atoms with van der Waals surface area (Å²) in [6.45, 7) is 8.50. The van der Waals surface area contributed by atoms with Crippen LogP contribution in [0.4, 0.5) is 5.69 Å². The highest BCUT2D eigenvalue weighted by Crippen LogP contribution is 2.45. The van der Waals surface area contributed by atoms with Crippen LogP contribution in [0.3, 0.4) is 0 Å². The van der Waals surface area contributed by atoms with Gasteiger partial charge in [0, 0.05) is 29.6 Å². The van der Waals surface area contributed by atoms with E-state index in [1.807, 2.05) is 0 Å². The third-order valence-corrected chi connectivity index (χ3v) is 6.31. The summed E-state index contributed by atoms with van der Waals surface area (Å²) in [4.78, 5) is 3.51. The van der Waals surface area contributed by atoms with Crippen LogP contribution in [-0.2, 0) is 0 Å². The molecular formula is C23H25ClN2O5S. The molecule has 1 aromatic rings. The highest BCUT2D eigenvalue weighted by Gasteiger charge is 2.22. The number of nitrogens with zero attached hydrogens (tertiary/aromatic N) is 2. The minimum absolute atomic E-state index is 0.888. The van der Waals surface area contributed by atoms with Crippen molar-refractivity contribution in [2.45, 2.75) is 25.7 Å². The number of hydrogen-bond acceptors (Lipinski definition) is 7. The Morgan fingerprint density at radius 3 is 2.31 bits per heavy atom. The summed E-state index contributed by atoms with van der Waals surface area (Å²) in [7, 11) is -2.84. The van der Waals surface area contributed by atoms with Crippen molar-refractivity contribution in [1.29, 1.82) is 0 Å². The van der Waals surface area contributed by atoms with Gasteiger partial charge in [0.25, 0.3) is 0 Å². The van der Waals surface area contributed by atoms with Crippen molar-refractivity contribution in [2.75, 3.05) is 25.0 Å². The lowest BCUT2D eigenvalue weighted by molar-refractivity contribution is -2.00. The number of aryl methyl sites for hydroxylation is 1. The molecule has 0 N–H and O–H groups in total. The molecule has 2 aliphatic heterocycles. The van der Waals surface area contributed by atoms with E-state index < -0.39 is 10.2 Å². The molecule has 0 saturated carbocycles. The maximum absolute atomic E-state index is 8.49. The summed E-state index contributed by atoms with van der Waals surface area (Å²) in [5.41, 5.74) is 3.65. The topological polar surface area (TPSA) is 112 Å². The van der Waals surface area contributed by atoms with Crippen LogP contribution in [0.2, 0.25) is 0 Å². The van der Waals surface area contributed by atoms with Crippen LogP contribution >= 0.6 is 11.8 Å². The molecule has 0 radical (unpaired) electrons. The average Bonchev–Trinajstić information content (AvgIpc) is 3.03. The van der Waals surface area contributed by atoms with Crippen LogP contribution in [-0.4, -0.2) is 20.1 Å². The van der Waals surface area contributed by atoms with Gasteiger partial charge >= 0.3 is 0 Å². The van der Waals surface area contributed by atoms with Gasteiger partial charge in [0.2, 0.25) is 5.36 Å². The van der Waals surface area contributed by atoms with Gasteiger partial charge in [-0.3, -0.25) is 0 Å². The zero-order valence-corrected chi connectivity index (χ0v) is 19.9. The Bertz CT molecular complexity index is 1160. The lowest BCUT2D eigenvalue weighted by atomic mass is 10.0. The molecule has 2 heterocycles. The van der Waals surface area contributed by atoms with Gasteiger partial charge in [0.05, 0.1) is 16.8 Å². The fourth-order valence-corrected chi connectivity index (χ4v) is 4.69. The number of benzene rings is 2. The lowest BCUT2D eigenvalue weighted by Gasteiger charge is -2.17. The first-order chi connectivity index (χ1) is 15.1. The molecular weight excluding hydrogens is 452 g/mol. The van der Waals surface area contributed by atoms with Crippen molar-refractivity contribution in [2.24, 2.45) is 0 Å². The molecule has 0 amide bonds. The summed E-state index contributed by atoms with van der Waals surface area (Å²) in [6, 6.07) is 17.1. The third kappa shape index (κ3) is 5.92. The van der Waals surface area contributed by atoms with E-state index in [0.29, 0.717) is 0 Å². The van der Waals surface area contributed by atoms with Crippen molar-refractivity contribution >= 4 is 23.5 Å². The zero-order chi connectivity index (χ0) is 23.5. The Morgan fingerprint density at radius 1 is 1.03 bits per heavy atom. The van der Waals surface area contributed by atoms with Crippen LogP contribution < -0.4 is 33.5 Å². The molecule has 0 unspecified atom stereocenters. The van der Waals surface area contributed by atoms with Gasteiger partial charge < -0.3 is 9.32 Å². The normalized spacial score (nSPS) is 14.4. The van der Waals surface area contributed by atoms with Gasteiger partial charge in [-0.05, 0) is 50.6 Å². The average molecular weight is 477 g/mol. The Balaban J connectivity index is 0.000000523. The monoisotopic (exact) mass is 476 g/mol. The number of fused-ring (bicyclic) bond motifs is 2. The van der Waals surface area contributed by atoms with E-state index >= 15 is 0 Å². The molecule has 1 aromatic carbocycles. The molecule has 0 atom stereocenters. The maximum atomic E-state index is 8.49. The Kier molecular flexibility index (Phi) is 7.66. The van der Waals surface area contributed by atoms with E-state index in [2.05, 4.69) is 91.9 Å². The molecule has 0 saturated heterocycles. The van der Waals surface area contributed by atoms with E-state index in [4.69, 9.17) is 23.1 Å². The van der Waals surface area contributed by atoms with E-state index in [9.17, 15) is 0 Å². The maximum Gasteiger partial charge on any atom is 0.203 e. The number of hydrogen-bond donors (Lipinski definition) is 0. The Morgan fingerprint density at radius 2 is 1.69 bits per heavy atom. The summed E-state index contributed by atoms with van der Waals surface area (Å²) in [5, 5.41) is 2.39. The van der Waals surface area contributed by atoms with Crippen molar-refractivity contribution in [3.05, 3.63) is 70.2 Å². The number of thioether (sulfide) groups is 1. The van der Waals surface area contributed by atoms with Crippen LogP contribution in [0.25, 0.3) is 17.4 Å². The minimum Gasteiger partial charge on any atom is -0.456 e. The van der Waals surface area contributed by atoms with Crippen molar-refractivity contribution in [1.82, 2.24) is 4.58 Å². The first-order valence-electron chi connectivity index (χ1n) is 10.1. The van der Waals surface area contributed by atoms with Crippen LogP contribution in [0.15, 0.2) is 62.9 Å². The van der Waals surface area contributed by atoms with Gasteiger partial charge in [-0.15, -0.1) is 10.2 Å². The molecule has 4 rings (SSSR count). The van der Waals surface area contributed by atoms with Crippen molar-refractivity contribution in [3.63, 3.8) is 0 Å². The quantitative estimate of drug-likeness (QED) is 0.499. The summed E-state index contributed by atoms with van der Waals surface area (Å²) >= 11 is 1.78. The minimum atomic E-state index is -4.94. The van der Waals surface area contributed by atoms with Gasteiger partial charge in [0.15, 0.2) is 0 Å². The standard InChI is InChI=1S/C23H25N2OS.ClHO4/c1-5-25(6-2)17-11-12-19-16(3)13-18(26-21(19)14-17)15-23-24(4)20-9-7-8-10-22(20)27-23;2-1(3,4)5/h7-15H,5-6H2,1-4H3;(H,2,3,4,5)/q+1;/p-1. The number of halogens is 1. The van der Waals surface area contributed by atoms with E-state index in [1.165, 1.54) is 32.1 Å². The smallest absolute Gasteiger partial charge is 0.203 e. The highest BCUT2D eigenvalue weighted by molar-refractivity contribution is 8.03. The van der Waals surface area contributed by atoms with Gasteiger partial charge in [-0.25, -0.2) is 23.2 Å². The van der Waals surface area contributed by atoms with Crippen LogP contribution in [0, 0.1) is 17.2 Å². The summed E-state index contributed by atoms with van der Waals surface area (Å²) < 4.78 is 42.6. The summed E-state index contributed by atoms with van der Waals surface area (Å²) in [5.74, 6) is 1.83. The third-order valence-electron chi connectivity index (χ3n) is 5.14. The second-order valence-electron chi connectivity index (χ2n) is 7.17. The first kappa shape index (κ1) is 24.3. The lowest BCUT2D eigenvalue weighted by Crippen LogP contribution is -2.68. The molecule has 3 aliphatic rings. The van der Waals surface area contributed by atoms with Gasteiger partial charge in [0.1, 0.15) is 24.6 Å². The summed E-state index contributed by atoms with van der Waals surface area (Å²) in [6.07, 6.45) is 2.14. The Labute approximate surface area is 193 Å². The second kappa shape index (κ2) is 10.1. The van der Waals surface area contributed by atoms with Gasteiger partial charge in [-0.2, -0.15) is 0 Å². The molecule has 170 valence electrons. The van der Waals surface area contributed by atoms with Gasteiger partial charge in [-0.1, -0.05) is 23.9 Å². The SMILES string of the molecule is CC[N+](CC)=c1ccc2c(C)cc(/C=C3\Sc4ccccc4N3C)oc-2c1.[O-][Cl+3]([O-])([O-])[O-]. The molecule has 32 heavy (non-hydrogen) atoms. The van der Waals surface area contributed by atoms with Crippen molar-refractivity contribution in [3.8, 4) is 11.3 Å². The fourth-order valence-electron chi connectivity index (χ4n) is 3.59. The predicted octanol–water partition coefficient (Wildman–Crippen LogP) is 0.289. The zero-order valence-electron chi connectivity index (χ0n) is 18.3. The molecule has 0 fully saturated rings. The van der Waals surface area contributed by atoms with Crippen molar-refractivity contribution < 1.29 is 33.3 Å². The Hall–Kier alpha value is -2.33. The first-order valence-corrected chi connectivity index (χ1v) is 12.1. The van der Waals surface area contributed by atoms with Crippen LogP contribution in [0.5, 0.6) is 0 Å². The molecule has 7 nitrogen and oxygen atoms in total. The molecule has 0 spiro atoms. The van der Waals surface area contributed by atoms with E-state index in [-0.39, 0.29) is 0 Å². The number of anilines is 1. The predicted molar refractivity (Wildman–Crippen MR) is 115 cm³/mol. The highest BCUT2D eigenvalue weighted by atomic mass is 35.7. The van der Waals surface area contributed by atoms with E-state index in [1.54, 1.807) is 11.8 Å². The fraction of sp³-hybridized carbons (Fsp3) is 0.261. The van der Waals surface area contributed by atoms with Crippen LogP contribution in [0.1, 0.15) is 25.2 Å². The largest absolute Gasteiger partial charge is 0.456 e. The molecule has 1 aliphatic carbocycles. The second-order valence-corrected chi connectivity index (χ2v) is 8.99.